The third kappa shape index (κ3) is 8.29. The topological polar surface area (TPSA) is 0 Å². The van der Waals surface area contributed by atoms with E-state index >= 15 is 0 Å². The Morgan fingerprint density at radius 2 is 0.750 bits per heavy atom. The van der Waals surface area contributed by atoms with Gasteiger partial charge in [0.25, 0.3) is 0 Å². The number of hydrogen-bond donors (Lipinski definition) is 0. The summed E-state index contributed by atoms with van der Waals surface area (Å²) in [5.41, 5.74) is 10.2. The highest BCUT2D eigenvalue weighted by Crippen LogP contribution is 2.64. The second kappa shape index (κ2) is 19.4. The van der Waals surface area contributed by atoms with Gasteiger partial charge in [-0.05, 0) is 119 Å². The molecule has 0 aliphatic heterocycles. The molecular formula is C54H80S2. The third-order valence-electron chi connectivity index (χ3n) is 15.1. The second-order valence-corrected chi connectivity index (χ2v) is 21.4. The highest BCUT2D eigenvalue weighted by molar-refractivity contribution is 7.16. The summed E-state index contributed by atoms with van der Waals surface area (Å²) in [5, 5.41) is 3.22. The van der Waals surface area contributed by atoms with Gasteiger partial charge in [-0.15, -0.1) is 22.7 Å². The molecule has 56 heavy (non-hydrogen) atoms. The van der Waals surface area contributed by atoms with Crippen molar-refractivity contribution in [2.45, 2.75) is 208 Å². The first-order chi connectivity index (χ1) is 27.2. The van der Waals surface area contributed by atoms with Crippen LogP contribution in [0.25, 0.3) is 31.7 Å². The predicted molar refractivity (Wildman–Crippen MR) is 253 cm³/mol. The van der Waals surface area contributed by atoms with Gasteiger partial charge in [-0.25, -0.2) is 0 Å². The lowest BCUT2D eigenvalue weighted by Crippen LogP contribution is -2.33. The molecule has 2 aliphatic carbocycles. The molecule has 4 unspecified atom stereocenters. The number of rotatable bonds is 24. The summed E-state index contributed by atoms with van der Waals surface area (Å²) in [6, 6.07) is 16.0. The summed E-state index contributed by atoms with van der Waals surface area (Å²) in [7, 11) is 0. The molecule has 0 bridgehead atoms. The molecule has 0 nitrogen and oxygen atoms in total. The quantitative estimate of drug-likeness (QED) is 0.0663. The van der Waals surface area contributed by atoms with E-state index in [9.17, 15) is 0 Å². The van der Waals surface area contributed by atoms with E-state index in [0.29, 0.717) is 0 Å². The van der Waals surface area contributed by atoms with Gasteiger partial charge in [0.2, 0.25) is 0 Å². The number of thiophene rings is 2. The molecule has 0 radical (unpaired) electrons. The maximum atomic E-state index is 2.67. The van der Waals surface area contributed by atoms with Gasteiger partial charge in [-0.3, -0.25) is 0 Å². The van der Waals surface area contributed by atoms with Crippen molar-refractivity contribution in [3.8, 4) is 20.9 Å². The highest BCUT2D eigenvalue weighted by Gasteiger charge is 2.50. The molecular weight excluding hydrogens is 713 g/mol. The number of unbranched alkanes of at least 4 members (excludes halogenated alkanes) is 4. The molecule has 2 heterocycles. The SMILES string of the molecule is CCCCC(CC)CC1(CC(CC)CCCC)c2cc(C)sc2-c2ccc3c4c(ccc3c21)-c1sc(C)cc1C4(CC(CC)CCCC)CC(CC)CCCC. The molecule has 2 aromatic heterocycles. The molecule has 6 rings (SSSR count). The van der Waals surface area contributed by atoms with Crippen molar-refractivity contribution >= 4 is 33.4 Å². The molecule has 0 fully saturated rings. The first-order valence-corrected chi connectivity index (χ1v) is 25.6. The summed E-state index contributed by atoms with van der Waals surface area (Å²) in [6.07, 6.45) is 26.4. The fourth-order valence-electron chi connectivity index (χ4n) is 12.0. The van der Waals surface area contributed by atoms with E-state index in [0.717, 1.165) is 23.7 Å². The zero-order valence-electron chi connectivity index (χ0n) is 37.7. The van der Waals surface area contributed by atoms with Crippen molar-refractivity contribution < 1.29 is 0 Å². The Morgan fingerprint density at radius 3 is 1.02 bits per heavy atom. The largest absolute Gasteiger partial charge is 0.140 e. The Morgan fingerprint density at radius 1 is 0.446 bits per heavy atom. The van der Waals surface area contributed by atoms with Crippen LogP contribution in [0.4, 0.5) is 0 Å². The van der Waals surface area contributed by atoms with Gasteiger partial charge >= 0.3 is 0 Å². The molecule has 308 valence electrons. The second-order valence-electron chi connectivity index (χ2n) is 18.9. The van der Waals surface area contributed by atoms with Gasteiger partial charge < -0.3 is 0 Å². The summed E-state index contributed by atoms with van der Waals surface area (Å²) < 4.78 is 0. The predicted octanol–water partition coefficient (Wildman–Crippen LogP) is 18.5. The van der Waals surface area contributed by atoms with Gasteiger partial charge in [-0.1, -0.05) is 182 Å². The molecule has 4 aromatic rings. The van der Waals surface area contributed by atoms with Crippen LogP contribution < -0.4 is 0 Å². The van der Waals surface area contributed by atoms with Crippen LogP contribution in [0.3, 0.4) is 0 Å². The molecule has 2 aliphatic rings. The van der Waals surface area contributed by atoms with Crippen LogP contribution in [0.2, 0.25) is 0 Å². The maximum Gasteiger partial charge on any atom is 0.0389 e. The molecule has 0 amide bonds. The zero-order chi connectivity index (χ0) is 40.0. The Bertz CT molecular complexity index is 1690. The number of fused-ring (bicyclic) bond motifs is 9. The smallest absolute Gasteiger partial charge is 0.0389 e. The molecule has 4 atom stereocenters. The minimum absolute atomic E-state index is 0.0782. The lowest BCUT2D eigenvalue weighted by Gasteiger charge is -2.40. The van der Waals surface area contributed by atoms with Crippen LogP contribution in [-0.2, 0) is 10.8 Å². The van der Waals surface area contributed by atoms with Gasteiger partial charge in [0.1, 0.15) is 0 Å². The summed E-state index contributed by atoms with van der Waals surface area (Å²) in [5.74, 6) is 3.02. The van der Waals surface area contributed by atoms with Crippen molar-refractivity contribution in [1.82, 2.24) is 0 Å². The first kappa shape index (κ1) is 43.7. The molecule has 0 saturated carbocycles. The Labute approximate surface area is 353 Å². The third-order valence-corrected chi connectivity index (χ3v) is 17.3. The van der Waals surface area contributed by atoms with Crippen LogP contribution in [0.5, 0.6) is 0 Å². The van der Waals surface area contributed by atoms with Crippen molar-refractivity contribution in [2.75, 3.05) is 0 Å². The lowest BCUT2D eigenvalue weighted by molar-refractivity contribution is 0.266. The van der Waals surface area contributed by atoms with Gasteiger partial charge in [0.15, 0.2) is 0 Å². The fourth-order valence-corrected chi connectivity index (χ4v) is 14.3. The fraction of sp³-hybridized carbons (Fsp3) is 0.667. The standard InChI is InChI=1S/C54H80S2/c1-11-19-23-39(15-5)33-53(34-40(16-6)24-20-12-2)47-31-37(9)55-51(47)45-29-28-44-43(49(45)53)27-30-46-50(44)54(35-41(17-7)25-21-13-3,36-42(18-8)26-22-14-4)48-32-38(10)56-52(46)48/h27-32,39-42H,11-26,33-36H2,1-10H3. The Hall–Kier alpha value is -1.90. The summed E-state index contributed by atoms with van der Waals surface area (Å²) >= 11 is 4.19. The minimum atomic E-state index is 0.0782. The molecule has 0 N–H and O–H groups in total. The lowest BCUT2D eigenvalue weighted by atomic mass is 9.62. The van der Waals surface area contributed by atoms with Crippen molar-refractivity contribution in [3.05, 3.63) is 68.4 Å². The average Bonchev–Trinajstić information content (AvgIpc) is 3.92. The van der Waals surface area contributed by atoms with Crippen molar-refractivity contribution in [3.63, 3.8) is 0 Å². The minimum Gasteiger partial charge on any atom is -0.140 e. The monoisotopic (exact) mass is 793 g/mol. The number of hydrogen-bond acceptors (Lipinski definition) is 2. The molecule has 2 aromatic carbocycles. The molecule has 2 heteroatoms. The van der Waals surface area contributed by atoms with Gasteiger partial charge in [0, 0.05) is 30.3 Å². The first-order valence-electron chi connectivity index (χ1n) is 24.0. The van der Waals surface area contributed by atoms with Crippen molar-refractivity contribution in [2.24, 2.45) is 23.7 Å². The normalized spacial score (nSPS) is 20.5. The van der Waals surface area contributed by atoms with Crippen molar-refractivity contribution in [1.29, 1.82) is 0 Å². The van der Waals surface area contributed by atoms with E-state index in [2.05, 4.69) is 128 Å². The highest BCUT2D eigenvalue weighted by atomic mass is 32.1. The Balaban J connectivity index is 1.66. The summed E-state index contributed by atoms with van der Waals surface area (Å²) in [6.45, 7) is 24.3. The summed E-state index contributed by atoms with van der Waals surface area (Å²) in [4.78, 5) is 6.20. The van der Waals surface area contributed by atoms with Crippen LogP contribution in [0.15, 0.2) is 36.4 Å². The van der Waals surface area contributed by atoms with E-state index in [-0.39, 0.29) is 10.8 Å². The van der Waals surface area contributed by atoms with Crippen LogP contribution >= 0.6 is 22.7 Å². The van der Waals surface area contributed by atoms with E-state index in [4.69, 9.17) is 0 Å². The molecule has 0 saturated heterocycles. The Kier molecular flexibility index (Phi) is 15.2. The van der Waals surface area contributed by atoms with E-state index in [1.54, 1.807) is 53.9 Å². The van der Waals surface area contributed by atoms with Crippen LogP contribution in [0, 0.1) is 37.5 Å². The van der Waals surface area contributed by atoms with E-state index in [1.165, 1.54) is 138 Å². The van der Waals surface area contributed by atoms with Gasteiger partial charge in [-0.2, -0.15) is 0 Å². The van der Waals surface area contributed by atoms with E-state index in [1.807, 2.05) is 0 Å². The average molecular weight is 793 g/mol. The van der Waals surface area contributed by atoms with Crippen LogP contribution in [0.1, 0.15) is 216 Å². The van der Waals surface area contributed by atoms with Crippen LogP contribution in [-0.4, -0.2) is 0 Å². The maximum absolute atomic E-state index is 2.67. The number of benzene rings is 2. The van der Waals surface area contributed by atoms with E-state index < -0.39 is 0 Å². The number of aryl methyl sites for hydroxylation is 2. The zero-order valence-corrected chi connectivity index (χ0v) is 39.4. The molecule has 0 spiro atoms. The van der Waals surface area contributed by atoms with Gasteiger partial charge in [0.05, 0.1) is 0 Å².